The van der Waals surface area contributed by atoms with E-state index in [1.54, 1.807) is 60.7 Å². The molecule has 0 bridgehead atoms. The quantitative estimate of drug-likeness (QED) is 0.0240. The van der Waals surface area contributed by atoms with Gasteiger partial charge in [-0.1, -0.05) is 107 Å². The molecule has 7 rings (SSSR count). The lowest BCUT2D eigenvalue weighted by molar-refractivity contribution is -0.142. The normalized spacial score (nSPS) is 14.9. The SMILES string of the molecule is C=C(NC(Cc1ccc(Cl)cc1)C(=O)NC(Cc1cccnc1)C(=O)NC(CO)C(=O)NC(CCCCNC(=O)c1cccnc1)C(=O)NC(CCCCNC(=O)c1cccnc1)C(=O)NC(CC(C)C)C(=O)NC(CCCCNC(C)C)C(=O)N1CCCC1C(=O)NC(C)C(N)=O)C(Cc1ccc2ccccc2c1)NC(C)=O. The van der Waals surface area contributed by atoms with Crippen LogP contribution in [0, 0.1) is 5.92 Å². The molecule has 30 nitrogen and oxygen atoms in total. The minimum absolute atomic E-state index is 0.0147. The Morgan fingerprint density at radius 3 is 1.54 bits per heavy atom. The van der Waals surface area contributed by atoms with Crippen LogP contribution in [0.4, 0.5) is 0 Å². The number of aliphatic hydroxyl groups excluding tert-OH is 1. The van der Waals surface area contributed by atoms with Gasteiger partial charge in [0, 0.05) is 93.3 Å². The topological polar surface area (TPSA) is 437 Å². The number of aliphatic hydroxyl groups is 1. The summed E-state index contributed by atoms with van der Waals surface area (Å²) in [6.45, 7) is 14.7. The van der Waals surface area contributed by atoms with Gasteiger partial charge in [0.15, 0.2) is 0 Å². The third-order valence-electron chi connectivity index (χ3n) is 19.3. The summed E-state index contributed by atoms with van der Waals surface area (Å²) in [5.41, 5.74) is 8.35. The largest absolute Gasteiger partial charge is 0.394 e. The summed E-state index contributed by atoms with van der Waals surface area (Å²) < 4.78 is 0. The number of benzene rings is 3. The Morgan fingerprint density at radius 1 is 0.509 bits per heavy atom. The molecule has 114 heavy (non-hydrogen) atoms. The Hall–Kier alpha value is -11.2. The Labute approximate surface area is 670 Å². The van der Waals surface area contributed by atoms with E-state index < -0.39 is 132 Å². The minimum atomic E-state index is -1.79. The van der Waals surface area contributed by atoms with Crippen LogP contribution in [-0.2, 0) is 67.2 Å². The summed E-state index contributed by atoms with van der Waals surface area (Å²) in [7, 11) is 0. The van der Waals surface area contributed by atoms with Crippen molar-refractivity contribution < 1.29 is 62.6 Å². The number of primary amides is 1. The Bertz CT molecular complexity index is 4200. The van der Waals surface area contributed by atoms with Gasteiger partial charge in [0.1, 0.15) is 54.4 Å². The van der Waals surface area contributed by atoms with Gasteiger partial charge in [-0.2, -0.15) is 0 Å². The van der Waals surface area contributed by atoms with E-state index in [2.05, 4.69) is 85.3 Å². The molecule has 0 radical (unpaired) electrons. The molecule has 612 valence electrons. The van der Waals surface area contributed by atoms with E-state index in [4.69, 9.17) is 17.3 Å². The van der Waals surface area contributed by atoms with Crippen molar-refractivity contribution in [2.24, 2.45) is 11.7 Å². The molecule has 31 heteroatoms. The zero-order valence-corrected chi connectivity index (χ0v) is 66.4. The first-order valence-electron chi connectivity index (χ1n) is 38.9. The molecule has 1 saturated heterocycles. The van der Waals surface area contributed by atoms with Gasteiger partial charge in [-0.05, 0) is 173 Å². The maximum Gasteiger partial charge on any atom is 0.252 e. The zero-order chi connectivity index (χ0) is 82.6. The standard InChI is InChI=1S/C83H110ClN17O13/c1-51(2)42-68(78(109)97-66(27-12-13-38-89-52(3)4)83(114)101-41-19-28-72(101)82(113)93-54(6)73(85)104)98-77(108)65(26-11-15-40-91-75(106)62-24-18-37-88-49-62)95-76(107)64(25-10-14-39-90-74(105)61-23-17-36-87-48-61)96-81(112)71(50-102)100-80(111)70(46-58-20-16-35-86-47-58)99-79(110)69(44-56-30-33-63(84)34-31-56)92-53(5)67(94-55(7)103)45-57-29-32-59-21-8-9-22-60(59)43-57/h8-9,16-18,20-24,29-37,43,47-49,51-52,54,64-72,89,92,102H,5,10-15,19,25-28,38-42,44-46,50H2,1-4,6-7H3,(H2,85,104)(H,90,105)(H,91,106)(H,93,113)(H,94,103)(H,95,107)(H,96,112)(H,97,109)(H,98,108)(H,99,110)(H,100,111). The van der Waals surface area contributed by atoms with Gasteiger partial charge in [-0.3, -0.25) is 72.5 Å². The number of rotatable bonds is 47. The first-order chi connectivity index (χ1) is 54.7. The Balaban J connectivity index is 1.15. The second kappa shape index (κ2) is 46.7. The molecule has 15 N–H and O–H groups in total. The van der Waals surface area contributed by atoms with Crippen LogP contribution in [0.1, 0.15) is 156 Å². The van der Waals surface area contributed by atoms with Crippen LogP contribution in [0.15, 0.2) is 153 Å². The van der Waals surface area contributed by atoms with Gasteiger partial charge in [0.25, 0.3) is 11.8 Å². The number of fused-ring (bicyclic) bond motifs is 1. The predicted octanol–water partition coefficient (Wildman–Crippen LogP) is 3.98. The summed E-state index contributed by atoms with van der Waals surface area (Å²) in [5.74, 6) is -8.51. The fraction of sp³-hybridized carbons (Fsp3) is 0.458. The molecule has 1 fully saturated rings. The summed E-state index contributed by atoms with van der Waals surface area (Å²) in [5, 5.41) is 47.9. The van der Waals surface area contributed by atoms with Crippen molar-refractivity contribution in [3.05, 3.63) is 185 Å². The Kier molecular flexibility index (Phi) is 36.8. The van der Waals surface area contributed by atoms with Crippen LogP contribution >= 0.6 is 11.6 Å². The van der Waals surface area contributed by atoms with Gasteiger partial charge < -0.3 is 79.5 Å². The second-order valence-electron chi connectivity index (χ2n) is 29.3. The maximum absolute atomic E-state index is 15.2. The number of unbranched alkanes of at least 4 members (excludes halogenated alkanes) is 3. The number of hydrogen-bond donors (Lipinski definition) is 14. The highest BCUT2D eigenvalue weighted by atomic mass is 35.5. The number of carbonyl (C=O) groups excluding carboxylic acids is 12. The zero-order valence-electron chi connectivity index (χ0n) is 65.6. The van der Waals surface area contributed by atoms with E-state index in [1.807, 2.05) is 70.2 Å². The number of hydrogen-bond acceptors (Lipinski definition) is 18. The summed E-state index contributed by atoms with van der Waals surface area (Å²) >= 11 is 6.31. The molecule has 3 aromatic heterocycles. The van der Waals surface area contributed by atoms with E-state index in [0.717, 1.165) is 16.3 Å². The van der Waals surface area contributed by atoms with Crippen LogP contribution < -0.4 is 69.5 Å². The molecule has 12 amide bonds. The van der Waals surface area contributed by atoms with Crippen molar-refractivity contribution in [1.29, 1.82) is 0 Å². The number of halogens is 1. The van der Waals surface area contributed by atoms with E-state index in [9.17, 15) is 48.3 Å². The van der Waals surface area contributed by atoms with Crippen molar-refractivity contribution in [1.82, 2.24) is 83.7 Å². The molecule has 10 unspecified atom stereocenters. The van der Waals surface area contributed by atoms with Gasteiger partial charge >= 0.3 is 0 Å². The highest BCUT2D eigenvalue weighted by Gasteiger charge is 2.40. The predicted molar refractivity (Wildman–Crippen MR) is 432 cm³/mol. The summed E-state index contributed by atoms with van der Waals surface area (Å²) in [6.07, 6.45) is 11.6. The number of likely N-dealkylation sites (tertiary alicyclic amines) is 1. The molecule has 6 aromatic rings. The number of pyridine rings is 3. The number of nitrogens with zero attached hydrogens (tertiary/aromatic N) is 4. The van der Waals surface area contributed by atoms with E-state index in [-0.39, 0.29) is 120 Å². The molecule has 4 heterocycles. The molecule has 0 saturated carbocycles. The van der Waals surface area contributed by atoms with Crippen LogP contribution in [0.25, 0.3) is 10.8 Å². The number of nitrogens with one attached hydrogen (secondary N) is 12. The van der Waals surface area contributed by atoms with Crippen molar-refractivity contribution in [3.8, 4) is 0 Å². The molecule has 0 aliphatic carbocycles. The number of nitrogens with two attached hydrogens (primary N) is 1. The average molecular weight is 1590 g/mol. The van der Waals surface area contributed by atoms with E-state index in [0.29, 0.717) is 53.1 Å². The molecule has 10 atom stereocenters. The Morgan fingerprint density at radius 2 is 0.991 bits per heavy atom. The highest BCUT2D eigenvalue weighted by molar-refractivity contribution is 6.30. The van der Waals surface area contributed by atoms with Crippen LogP contribution in [-0.4, -0.2) is 195 Å². The van der Waals surface area contributed by atoms with E-state index >= 15 is 14.4 Å². The van der Waals surface area contributed by atoms with Gasteiger partial charge in [0.05, 0.1) is 23.8 Å². The maximum atomic E-state index is 15.2. The summed E-state index contributed by atoms with van der Waals surface area (Å²) in [4.78, 5) is 183. The highest BCUT2D eigenvalue weighted by Crippen LogP contribution is 2.23. The lowest BCUT2D eigenvalue weighted by atomic mass is 9.98. The minimum Gasteiger partial charge on any atom is -0.394 e. The molecule has 0 spiro atoms. The van der Waals surface area contributed by atoms with Crippen molar-refractivity contribution in [2.75, 3.05) is 32.8 Å². The number of aromatic nitrogens is 3. The van der Waals surface area contributed by atoms with Gasteiger partial charge in [-0.25, -0.2) is 0 Å². The molecule has 1 aliphatic rings. The lowest BCUT2D eigenvalue weighted by Crippen LogP contribution is -2.61. The number of amides is 12. The van der Waals surface area contributed by atoms with Crippen LogP contribution in [0.5, 0.6) is 0 Å². The second-order valence-corrected chi connectivity index (χ2v) is 29.8. The first-order valence-corrected chi connectivity index (χ1v) is 39.3. The van der Waals surface area contributed by atoms with Crippen LogP contribution in [0.2, 0.25) is 5.02 Å². The number of carbonyl (C=O) groups is 12. The fourth-order valence-corrected chi connectivity index (χ4v) is 13.2. The molecule has 3 aromatic carbocycles. The molecular formula is C83H110ClN17O13. The first kappa shape index (κ1) is 90.0. The van der Waals surface area contributed by atoms with Crippen molar-refractivity contribution in [3.63, 3.8) is 0 Å². The smallest absolute Gasteiger partial charge is 0.252 e. The summed E-state index contributed by atoms with van der Waals surface area (Å²) in [6, 6.07) is 17.7. The average Bonchev–Trinajstić information content (AvgIpc) is 1.56. The van der Waals surface area contributed by atoms with Crippen molar-refractivity contribution >= 4 is 93.3 Å². The van der Waals surface area contributed by atoms with Gasteiger partial charge in [0.2, 0.25) is 59.1 Å². The van der Waals surface area contributed by atoms with E-state index in [1.165, 1.54) is 55.9 Å². The molecule has 1 aliphatic heterocycles. The third-order valence-corrected chi connectivity index (χ3v) is 19.5. The molecular weight excluding hydrogens is 1480 g/mol. The lowest BCUT2D eigenvalue weighted by Gasteiger charge is -2.31. The fourth-order valence-electron chi connectivity index (χ4n) is 13.1. The third kappa shape index (κ3) is 30.0. The van der Waals surface area contributed by atoms with Gasteiger partial charge in [-0.15, -0.1) is 0 Å². The van der Waals surface area contributed by atoms with Crippen molar-refractivity contribution in [2.45, 2.75) is 204 Å². The monoisotopic (exact) mass is 1590 g/mol. The van der Waals surface area contributed by atoms with Crippen LogP contribution in [0.3, 0.4) is 0 Å².